The third-order valence-electron chi connectivity index (χ3n) is 5.96. The van der Waals surface area contributed by atoms with Crippen LogP contribution in [0.5, 0.6) is 5.75 Å². The minimum atomic E-state index is -0.594. The van der Waals surface area contributed by atoms with E-state index in [1.165, 1.54) is 0 Å². The molecule has 1 N–H and O–H groups in total. The number of halogens is 1. The zero-order valence-corrected chi connectivity index (χ0v) is 19.2. The molecule has 0 aromatic heterocycles. The molecule has 31 heavy (non-hydrogen) atoms. The predicted octanol–water partition coefficient (Wildman–Crippen LogP) is 4.81. The van der Waals surface area contributed by atoms with Crippen LogP contribution in [-0.4, -0.2) is 35.4 Å². The average molecular weight is 443 g/mol. The number of nitrogens with zero attached hydrogens (tertiary/aromatic N) is 1. The zero-order valence-electron chi connectivity index (χ0n) is 18.5. The smallest absolute Gasteiger partial charge is 0.261 e. The topological polar surface area (TPSA) is 58.6 Å². The highest BCUT2D eigenvalue weighted by Gasteiger charge is 2.29. The third kappa shape index (κ3) is 6.23. The Labute approximate surface area is 189 Å². The summed E-state index contributed by atoms with van der Waals surface area (Å²) in [6, 6.07) is 12.8. The van der Waals surface area contributed by atoms with Gasteiger partial charge in [-0.25, -0.2) is 0 Å². The van der Waals surface area contributed by atoms with Crippen LogP contribution < -0.4 is 10.1 Å². The lowest BCUT2D eigenvalue weighted by Crippen LogP contribution is -2.50. The molecule has 5 nitrogen and oxygen atoms in total. The summed E-state index contributed by atoms with van der Waals surface area (Å²) in [5, 5.41) is 3.76. The molecule has 1 saturated carbocycles. The van der Waals surface area contributed by atoms with Crippen molar-refractivity contribution in [2.75, 3.05) is 6.61 Å². The molecule has 0 aliphatic heterocycles. The van der Waals surface area contributed by atoms with Crippen LogP contribution in [0.1, 0.15) is 49.3 Å². The van der Waals surface area contributed by atoms with E-state index < -0.39 is 6.04 Å². The third-order valence-corrected chi connectivity index (χ3v) is 6.39. The molecule has 1 aliphatic carbocycles. The van der Waals surface area contributed by atoms with E-state index in [9.17, 15) is 9.59 Å². The van der Waals surface area contributed by atoms with Gasteiger partial charge in [-0.05, 0) is 68.5 Å². The lowest BCUT2D eigenvalue weighted by molar-refractivity contribution is -0.142. The van der Waals surface area contributed by atoms with Crippen molar-refractivity contribution in [3.8, 4) is 5.75 Å². The Morgan fingerprint density at radius 2 is 1.84 bits per heavy atom. The minimum absolute atomic E-state index is 0.115. The van der Waals surface area contributed by atoms with Crippen LogP contribution >= 0.6 is 11.6 Å². The fourth-order valence-electron chi connectivity index (χ4n) is 3.88. The number of aryl methyl sites for hydroxylation is 2. The first kappa shape index (κ1) is 23.1. The van der Waals surface area contributed by atoms with Crippen LogP contribution in [0.3, 0.4) is 0 Å². The fraction of sp³-hybridized carbons (Fsp3) is 0.440. The molecule has 0 spiro atoms. The number of ether oxygens (including phenoxy) is 1. The van der Waals surface area contributed by atoms with Crippen LogP contribution in [0.15, 0.2) is 42.5 Å². The van der Waals surface area contributed by atoms with Crippen LogP contribution in [0.4, 0.5) is 0 Å². The van der Waals surface area contributed by atoms with Crippen molar-refractivity contribution >= 4 is 23.4 Å². The Kier molecular flexibility index (Phi) is 7.97. The summed E-state index contributed by atoms with van der Waals surface area (Å²) in [6.07, 6.45) is 4.28. The molecule has 6 heteroatoms. The minimum Gasteiger partial charge on any atom is -0.484 e. The van der Waals surface area contributed by atoms with Gasteiger partial charge in [0.15, 0.2) is 6.61 Å². The Hall–Kier alpha value is -2.53. The number of nitrogens with one attached hydrogen (secondary N) is 1. The first-order chi connectivity index (χ1) is 14.8. The monoisotopic (exact) mass is 442 g/mol. The lowest BCUT2D eigenvalue weighted by atomic mass is 10.1. The summed E-state index contributed by atoms with van der Waals surface area (Å²) in [5.41, 5.74) is 2.98. The largest absolute Gasteiger partial charge is 0.484 e. The van der Waals surface area contributed by atoms with Gasteiger partial charge in [0.25, 0.3) is 5.91 Å². The number of hydrogen-bond donors (Lipinski definition) is 1. The standard InChI is InChI=1S/C25H31ClN2O3/c1-17-8-4-5-9-20(17)15-28(19(3)25(30)27-21-10-6-7-11-21)24(29)16-31-22-12-13-23(26)18(2)14-22/h4-5,8-9,12-14,19,21H,6-7,10-11,15-16H2,1-3H3,(H,27,30). The molecule has 1 fully saturated rings. The number of hydrogen-bond acceptors (Lipinski definition) is 3. The first-order valence-corrected chi connectivity index (χ1v) is 11.3. The van der Waals surface area contributed by atoms with Crippen molar-refractivity contribution in [2.24, 2.45) is 0 Å². The van der Waals surface area contributed by atoms with Gasteiger partial charge in [-0.15, -0.1) is 0 Å². The van der Waals surface area contributed by atoms with Gasteiger partial charge >= 0.3 is 0 Å². The van der Waals surface area contributed by atoms with Crippen molar-refractivity contribution in [3.63, 3.8) is 0 Å². The first-order valence-electron chi connectivity index (χ1n) is 10.9. The lowest BCUT2D eigenvalue weighted by Gasteiger charge is -2.30. The van der Waals surface area contributed by atoms with Crippen molar-refractivity contribution in [2.45, 2.75) is 65.1 Å². The van der Waals surface area contributed by atoms with E-state index in [-0.39, 0.29) is 24.5 Å². The molecule has 166 valence electrons. The second-order valence-electron chi connectivity index (χ2n) is 8.31. The number of carbonyl (C=O) groups excluding carboxylic acids is 2. The maximum absolute atomic E-state index is 13.2. The van der Waals surface area contributed by atoms with E-state index in [0.717, 1.165) is 42.4 Å². The molecule has 0 saturated heterocycles. The zero-order chi connectivity index (χ0) is 22.4. The summed E-state index contributed by atoms with van der Waals surface area (Å²) in [5.74, 6) is 0.232. The van der Waals surface area contributed by atoms with Crippen LogP contribution in [-0.2, 0) is 16.1 Å². The van der Waals surface area contributed by atoms with Crippen LogP contribution in [0, 0.1) is 13.8 Å². The molecule has 0 heterocycles. The molecule has 2 aromatic rings. The highest BCUT2D eigenvalue weighted by molar-refractivity contribution is 6.31. The Morgan fingerprint density at radius 1 is 1.13 bits per heavy atom. The van der Waals surface area contributed by atoms with Gasteiger partial charge in [0.1, 0.15) is 11.8 Å². The van der Waals surface area contributed by atoms with E-state index in [0.29, 0.717) is 17.3 Å². The molecule has 3 rings (SSSR count). The number of rotatable bonds is 8. The van der Waals surface area contributed by atoms with Crippen LogP contribution in [0.2, 0.25) is 5.02 Å². The van der Waals surface area contributed by atoms with Gasteiger partial charge in [-0.3, -0.25) is 9.59 Å². The van der Waals surface area contributed by atoms with Crippen molar-refractivity contribution in [3.05, 3.63) is 64.2 Å². The molecular weight excluding hydrogens is 412 g/mol. The molecule has 0 radical (unpaired) electrons. The molecule has 2 amide bonds. The Bertz CT molecular complexity index is 925. The SMILES string of the molecule is Cc1cc(OCC(=O)N(Cc2ccccc2C)C(C)C(=O)NC2CCCC2)ccc1Cl. The molecule has 1 aliphatic rings. The Morgan fingerprint density at radius 3 is 2.52 bits per heavy atom. The number of amides is 2. The molecule has 0 bridgehead atoms. The highest BCUT2D eigenvalue weighted by atomic mass is 35.5. The maximum Gasteiger partial charge on any atom is 0.261 e. The quantitative estimate of drug-likeness (QED) is 0.638. The second kappa shape index (κ2) is 10.7. The van der Waals surface area contributed by atoms with Gasteiger partial charge in [0.05, 0.1) is 0 Å². The summed E-state index contributed by atoms with van der Waals surface area (Å²) in [6.45, 7) is 5.89. The molecule has 1 atom stereocenters. The molecule has 2 aromatic carbocycles. The van der Waals surface area contributed by atoms with Crippen molar-refractivity contribution < 1.29 is 14.3 Å². The number of benzene rings is 2. The highest BCUT2D eigenvalue weighted by Crippen LogP contribution is 2.22. The van der Waals surface area contributed by atoms with Crippen molar-refractivity contribution in [1.82, 2.24) is 10.2 Å². The molecular formula is C25H31ClN2O3. The van der Waals surface area contributed by atoms with E-state index in [2.05, 4.69) is 5.32 Å². The fourth-order valence-corrected chi connectivity index (χ4v) is 4.00. The summed E-state index contributed by atoms with van der Waals surface area (Å²) in [7, 11) is 0. The van der Waals surface area contributed by atoms with E-state index >= 15 is 0 Å². The van der Waals surface area contributed by atoms with Crippen molar-refractivity contribution in [1.29, 1.82) is 0 Å². The molecule has 1 unspecified atom stereocenters. The summed E-state index contributed by atoms with van der Waals surface area (Å²) in [4.78, 5) is 27.7. The van der Waals surface area contributed by atoms with Gasteiger partial charge < -0.3 is 15.0 Å². The maximum atomic E-state index is 13.2. The van der Waals surface area contributed by atoms with E-state index in [1.807, 2.05) is 38.1 Å². The van der Waals surface area contributed by atoms with Gasteiger partial charge in [-0.2, -0.15) is 0 Å². The van der Waals surface area contributed by atoms with E-state index in [4.69, 9.17) is 16.3 Å². The van der Waals surface area contributed by atoms with E-state index in [1.54, 1.807) is 30.0 Å². The van der Waals surface area contributed by atoms with Gasteiger partial charge in [0, 0.05) is 17.6 Å². The average Bonchev–Trinajstić information content (AvgIpc) is 3.26. The second-order valence-corrected chi connectivity index (χ2v) is 8.72. The number of carbonyl (C=O) groups is 2. The van der Waals surface area contributed by atoms with Gasteiger partial charge in [0.2, 0.25) is 5.91 Å². The summed E-state index contributed by atoms with van der Waals surface area (Å²) >= 11 is 6.07. The van der Waals surface area contributed by atoms with Crippen LogP contribution in [0.25, 0.3) is 0 Å². The Balaban J connectivity index is 1.73. The normalized spacial score (nSPS) is 14.8. The summed E-state index contributed by atoms with van der Waals surface area (Å²) < 4.78 is 5.73. The van der Waals surface area contributed by atoms with Gasteiger partial charge in [-0.1, -0.05) is 48.7 Å². The predicted molar refractivity (Wildman–Crippen MR) is 123 cm³/mol.